The van der Waals surface area contributed by atoms with Crippen LogP contribution >= 0.6 is 11.8 Å². The number of nitrogens with zero attached hydrogens (tertiary/aromatic N) is 2. The topological polar surface area (TPSA) is 41.9 Å². The molecule has 0 spiro atoms. The van der Waals surface area contributed by atoms with E-state index in [9.17, 15) is 4.79 Å². The van der Waals surface area contributed by atoms with Crippen LogP contribution in [-0.4, -0.2) is 23.4 Å². The lowest BCUT2D eigenvalue weighted by Crippen LogP contribution is -2.30. The number of carbonyl (C=O) groups is 1. The summed E-state index contributed by atoms with van der Waals surface area (Å²) in [7, 11) is 0. The van der Waals surface area contributed by atoms with E-state index in [1.54, 1.807) is 4.90 Å². The minimum atomic E-state index is 0.0225. The number of anilines is 1. The van der Waals surface area contributed by atoms with E-state index in [-0.39, 0.29) is 5.91 Å². The van der Waals surface area contributed by atoms with Gasteiger partial charge in [0.05, 0.1) is 18.0 Å². The third kappa shape index (κ3) is 6.24. The first-order valence-electron chi connectivity index (χ1n) is 8.82. The predicted octanol–water partition coefficient (Wildman–Crippen LogP) is 5.42. The Bertz CT molecular complexity index is 639. The Labute approximate surface area is 156 Å². The minimum absolute atomic E-state index is 0.0225. The van der Waals surface area contributed by atoms with Crippen LogP contribution < -0.4 is 9.64 Å². The fourth-order valence-corrected chi connectivity index (χ4v) is 3.11. The van der Waals surface area contributed by atoms with Gasteiger partial charge in [-0.05, 0) is 43.9 Å². The number of aryl methyl sites for hydroxylation is 1. The van der Waals surface area contributed by atoms with Gasteiger partial charge in [-0.3, -0.25) is 9.69 Å². The van der Waals surface area contributed by atoms with E-state index in [0.717, 1.165) is 23.4 Å². The Morgan fingerprint density at radius 3 is 2.68 bits per heavy atom. The van der Waals surface area contributed by atoms with Crippen molar-refractivity contribution >= 4 is 28.5 Å². The fraction of sp³-hybridized carbons (Fsp3) is 0.500. The molecular formula is C20H30N2O2S. The molecule has 0 N–H and O–H groups in total. The van der Waals surface area contributed by atoms with Gasteiger partial charge in [0.25, 0.3) is 0 Å². The highest BCUT2D eigenvalue weighted by Crippen LogP contribution is 2.35. The van der Waals surface area contributed by atoms with Gasteiger partial charge in [0.2, 0.25) is 5.91 Å². The number of amides is 1. The van der Waals surface area contributed by atoms with Crippen molar-refractivity contribution in [3.63, 3.8) is 0 Å². The highest BCUT2D eigenvalue weighted by molar-refractivity contribution is 8.15. The standard InChI is InChI=1S/C18H24N2O2S.C2H6/c1-12(2)8-9-22-16-7-6-14(5)10-15(16)20-17(21)11-23-18(20)19-13(3)4;1-2/h6-7,10,12H,3,8-9,11H2,1-2,4-5H3;1-2H3. The number of benzene rings is 1. The predicted molar refractivity (Wildman–Crippen MR) is 110 cm³/mol. The number of allylic oxidation sites excluding steroid dienone is 1. The molecule has 1 aromatic rings. The maximum Gasteiger partial charge on any atom is 0.243 e. The zero-order valence-corrected chi connectivity index (χ0v) is 17.1. The summed E-state index contributed by atoms with van der Waals surface area (Å²) < 4.78 is 5.94. The van der Waals surface area contributed by atoms with Crippen molar-refractivity contribution < 1.29 is 9.53 Å². The lowest BCUT2D eigenvalue weighted by molar-refractivity contribution is -0.115. The lowest BCUT2D eigenvalue weighted by atomic mass is 10.1. The lowest BCUT2D eigenvalue weighted by Gasteiger charge is -2.21. The van der Waals surface area contributed by atoms with Crippen molar-refractivity contribution in [2.75, 3.05) is 17.3 Å². The average Bonchev–Trinajstić information content (AvgIpc) is 2.90. The number of carbonyl (C=O) groups excluding carboxylic acids is 1. The van der Waals surface area contributed by atoms with E-state index >= 15 is 0 Å². The normalized spacial score (nSPS) is 15.4. The molecule has 1 fully saturated rings. The highest BCUT2D eigenvalue weighted by Gasteiger charge is 2.31. The second kappa shape index (κ2) is 10.3. The van der Waals surface area contributed by atoms with Crippen LogP contribution in [0.4, 0.5) is 5.69 Å². The molecule has 5 heteroatoms. The summed E-state index contributed by atoms with van der Waals surface area (Å²) in [4.78, 5) is 18.4. The Balaban J connectivity index is 0.00000151. The summed E-state index contributed by atoms with van der Waals surface area (Å²) in [5.41, 5.74) is 2.53. The number of thioether (sulfide) groups is 1. The van der Waals surface area contributed by atoms with Gasteiger partial charge in [-0.15, -0.1) is 0 Å². The largest absolute Gasteiger partial charge is 0.491 e. The van der Waals surface area contributed by atoms with Gasteiger partial charge in [0.1, 0.15) is 5.75 Å². The molecule has 1 amide bonds. The van der Waals surface area contributed by atoms with Gasteiger partial charge in [0.15, 0.2) is 5.17 Å². The second-order valence-electron chi connectivity index (χ2n) is 6.15. The number of ether oxygens (including phenoxy) is 1. The molecule has 0 aliphatic carbocycles. The molecule has 1 aromatic carbocycles. The summed E-state index contributed by atoms with van der Waals surface area (Å²) in [6.07, 6.45) is 0.975. The van der Waals surface area contributed by atoms with Crippen LogP contribution in [0, 0.1) is 12.8 Å². The Morgan fingerprint density at radius 2 is 2.08 bits per heavy atom. The summed E-state index contributed by atoms with van der Waals surface area (Å²) >= 11 is 1.44. The van der Waals surface area contributed by atoms with Gasteiger partial charge in [0, 0.05) is 5.70 Å². The summed E-state index contributed by atoms with van der Waals surface area (Å²) in [5, 5.41) is 0.668. The summed E-state index contributed by atoms with van der Waals surface area (Å²) in [6.45, 7) is 16.6. The van der Waals surface area contributed by atoms with Crippen molar-refractivity contribution in [2.24, 2.45) is 10.9 Å². The van der Waals surface area contributed by atoms with Gasteiger partial charge >= 0.3 is 0 Å². The minimum Gasteiger partial charge on any atom is -0.491 e. The molecular weight excluding hydrogens is 332 g/mol. The molecule has 0 atom stereocenters. The molecule has 1 saturated heterocycles. The quantitative estimate of drug-likeness (QED) is 0.679. The van der Waals surface area contributed by atoms with E-state index in [4.69, 9.17) is 4.74 Å². The molecule has 0 bridgehead atoms. The third-order valence-corrected chi connectivity index (χ3v) is 4.28. The molecule has 2 rings (SSSR count). The monoisotopic (exact) mass is 362 g/mol. The van der Waals surface area contributed by atoms with E-state index in [0.29, 0.717) is 29.1 Å². The smallest absolute Gasteiger partial charge is 0.243 e. The van der Waals surface area contributed by atoms with Crippen LogP contribution in [0.2, 0.25) is 0 Å². The van der Waals surface area contributed by atoms with Crippen molar-refractivity contribution in [3.05, 3.63) is 36.0 Å². The van der Waals surface area contributed by atoms with Gasteiger partial charge in [-0.2, -0.15) is 0 Å². The van der Waals surface area contributed by atoms with Gasteiger partial charge in [-0.25, -0.2) is 4.99 Å². The van der Waals surface area contributed by atoms with Crippen molar-refractivity contribution in [2.45, 2.75) is 48.0 Å². The van der Waals surface area contributed by atoms with Crippen molar-refractivity contribution in [3.8, 4) is 5.75 Å². The Kier molecular flexibility index (Phi) is 8.76. The molecule has 0 aromatic heterocycles. The molecule has 0 radical (unpaired) electrons. The second-order valence-corrected chi connectivity index (χ2v) is 7.09. The number of hydrogen-bond donors (Lipinski definition) is 0. The summed E-state index contributed by atoms with van der Waals surface area (Å²) in [6, 6.07) is 5.90. The zero-order chi connectivity index (χ0) is 19.0. The molecule has 25 heavy (non-hydrogen) atoms. The molecule has 0 unspecified atom stereocenters. The number of amidine groups is 1. The Morgan fingerprint density at radius 1 is 1.40 bits per heavy atom. The van der Waals surface area contributed by atoms with E-state index < -0.39 is 0 Å². The van der Waals surface area contributed by atoms with E-state index in [2.05, 4.69) is 25.4 Å². The van der Waals surface area contributed by atoms with Gasteiger partial charge in [-0.1, -0.05) is 52.1 Å². The van der Waals surface area contributed by atoms with Crippen LogP contribution in [0.15, 0.2) is 35.5 Å². The molecule has 1 heterocycles. The highest BCUT2D eigenvalue weighted by atomic mass is 32.2. The molecule has 0 saturated carbocycles. The van der Waals surface area contributed by atoms with E-state index in [1.165, 1.54) is 11.8 Å². The van der Waals surface area contributed by atoms with Crippen molar-refractivity contribution in [1.29, 1.82) is 0 Å². The van der Waals surface area contributed by atoms with Crippen LogP contribution in [0.5, 0.6) is 5.75 Å². The first-order chi connectivity index (χ1) is 11.9. The van der Waals surface area contributed by atoms with Crippen molar-refractivity contribution in [1.82, 2.24) is 0 Å². The fourth-order valence-electron chi connectivity index (χ4n) is 2.17. The SMILES string of the molecule is C=C(C)N=C1SCC(=O)N1c1cc(C)ccc1OCCC(C)C.CC. The zero-order valence-electron chi connectivity index (χ0n) is 16.3. The molecule has 1 aliphatic rings. The first-order valence-corrected chi connectivity index (χ1v) is 9.80. The molecule has 1 aliphatic heterocycles. The Hall–Kier alpha value is -1.75. The average molecular weight is 363 g/mol. The molecule has 4 nitrogen and oxygen atoms in total. The van der Waals surface area contributed by atoms with Crippen LogP contribution in [0.3, 0.4) is 0 Å². The van der Waals surface area contributed by atoms with Crippen LogP contribution in [0.1, 0.15) is 46.6 Å². The van der Waals surface area contributed by atoms with Crippen LogP contribution in [0.25, 0.3) is 0 Å². The molecule has 138 valence electrons. The third-order valence-electron chi connectivity index (χ3n) is 3.36. The maximum absolute atomic E-state index is 12.4. The number of aliphatic imine (C=N–C) groups is 1. The number of rotatable bonds is 6. The maximum atomic E-state index is 12.4. The van der Waals surface area contributed by atoms with Gasteiger partial charge < -0.3 is 4.74 Å². The number of hydrogen-bond acceptors (Lipinski definition) is 4. The van der Waals surface area contributed by atoms with E-state index in [1.807, 2.05) is 45.9 Å². The first kappa shape index (κ1) is 21.3. The van der Waals surface area contributed by atoms with Crippen LogP contribution in [-0.2, 0) is 4.79 Å². The summed E-state index contributed by atoms with van der Waals surface area (Å²) in [5.74, 6) is 1.72.